The Morgan fingerprint density at radius 2 is 1.89 bits per heavy atom. The second-order valence-electron chi connectivity index (χ2n) is 8.47. The van der Waals surface area contributed by atoms with Crippen LogP contribution >= 0.6 is 35.6 Å². The standard InChI is InChI=1S/C28H25ClN2O4S2/c1-16-8-10-22(17(2)12-16)31-27(33)25(37-28(31)36)14-19-9-11-23(24(13-19)34-4)35-15-26(32)30-21-7-5-6-20(29)18(21)3/h5-14H,15H2,1-4H3,(H,30,32)/b25-14-. The van der Waals surface area contributed by atoms with Crippen molar-refractivity contribution in [3.63, 3.8) is 0 Å². The predicted octanol–water partition coefficient (Wildman–Crippen LogP) is 6.70. The summed E-state index contributed by atoms with van der Waals surface area (Å²) >= 11 is 12.9. The van der Waals surface area contributed by atoms with Crippen LogP contribution in [0.5, 0.6) is 11.5 Å². The molecule has 1 aliphatic rings. The molecule has 1 N–H and O–H groups in total. The van der Waals surface area contributed by atoms with Crippen LogP contribution in [0.4, 0.5) is 11.4 Å². The maximum Gasteiger partial charge on any atom is 0.270 e. The fourth-order valence-electron chi connectivity index (χ4n) is 3.85. The quantitative estimate of drug-likeness (QED) is 0.260. The van der Waals surface area contributed by atoms with Gasteiger partial charge in [0.25, 0.3) is 11.8 Å². The molecule has 1 fully saturated rings. The van der Waals surface area contributed by atoms with E-state index in [1.807, 2.05) is 39.0 Å². The third-order valence-corrected chi connectivity index (χ3v) is 7.48. The van der Waals surface area contributed by atoms with Crippen LogP contribution in [0.25, 0.3) is 6.08 Å². The molecule has 1 saturated heterocycles. The molecule has 0 spiro atoms. The van der Waals surface area contributed by atoms with Gasteiger partial charge in [-0.1, -0.05) is 65.4 Å². The molecule has 1 aliphatic heterocycles. The van der Waals surface area contributed by atoms with Gasteiger partial charge in [-0.25, -0.2) is 0 Å². The highest BCUT2D eigenvalue weighted by atomic mass is 35.5. The van der Waals surface area contributed by atoms with E-state index in [0.29, 0.717) is 31.4 Å². The summed E-state index contributed by atoms with van der Waals surface area (Å²) in [6.45, 7) is 5.59. The van der Waals surface area contributed by atoms with Crippen LogP contribution in [0.3, 0.4) is 0 Å². The molecule has 0 saturated carbocycles. The zero-order valence-corrected chi connectivity index (χ0v) is 23.1. The average Bonchev–Trinajstić information content (AvgIpc) is 3.13. The van der Waals surface area contributed by atoms with Gasteiger partial charge in [-0.2, -0.15) is 0 Å². The van der Waals surface area contributed by atoms with E-state index >= 15 is 0 Å². The Morgan fingerprint density at radius 3 is 2.62 bits per heavy atom. The molecule has 0 radical (unpaired) electrons. The van der Waals surface area contributed by atoms with E-state index in [1.165, 1.54) is 18.9 Å². The minimum Gasteiger partial charge on any atom is -0.493 e. The van der Waals surface area contributed by atoms with Crippen molar-refractivity contribution in [2.75, 3.05) is 23.9 Å². The summed E-state index contributed by atoms with van der Waals surface area (Å²) in [5.74, 6) is 0.339. The smallest absolute Gasteiger partial charge is 0.270 e. The van der Waals surface area contributed by atoms with Crippen molar-refractivity contribution < 1.29 is 19.1 Å². The fraction of sp³-hybridized carbons (Fsp3) is 0.179. The molecule has 0 atom stereocenters. The highest BCUT2D eigenvalue weighted by Gasteiger charge is 2.34. The van der Waals surface area contributed by atoms with Crippen molar-refractivity contribution in [3.8, 4) is 11.5 Å². The molecular formula is C28H25ClN2O4S2. The summed E-state index contributed by atoms with van der Waals surface area (Å²) in [5.41, 5.74) is 5.03. The Labute approximate surface area is 230 Å². The summed E-state index contributed by atoms with van der Waals surface area (Å²) in [6.07, 6.45) is 1.77. The molecule has 0 aromatic heterocycles. The molecule has 9 heteroatoms. The van der Waals surface area contributed by atoms with E-state index in [9.17, 15) is 9.59 Å². The van der Waals surface area contributed by atoms with Crippen LogP contribution < -0.4 is 19.7 Å². The number of thiocarbonyl (C=S) groups is 1. The Bertz CT molecular complexity index is 1440. The molecular weight excluding hydrogens is 528 g/mol. The normalized spacial score (nSPS) is 14.3. The van der Waals surface area contributed by atoms with Gasteiger partial charge in [0.1, 0.15) is 0 Å². The van der Waals surface area contributed by atoms with E-state index < -0.39 is 0 Å². The summed E-state index contributed by atoms with van der Waals surface area (Å²) in [5, 5.41) is 3.37. The Balaban J connectivity index is 1.47. The lowest BCUT2D eigenvalue weighted by Crippen LogP contribution is -2.28. The number of rotatable bonds is 7. The van der Waals surface area contributed by atoms with E-state index in [-0.39, 0.29) is 18.4 Å². The van der Waals surface area contributed by atoms with Crippen LogP contribution in [0, 0.1) is 20.8 Å². The zero-order valence-electron chi connectivity index (χ0n) is 20.8. The van der Waals surface area contributed by atoms with Crippen LogP contribution in [-0.4, -0.2) is 29.9 Å². The minimum absolute atomic E-state index is 0.172. The summed E-state index contributed by atoms with van der Waals surface area (Å²) in [4.78, 5) is 27.7. The first-order valence-corrected chi connectivity index (χ1v) is 13.0. The number of halogens is 1. The summed E-state index contributed by atoms with van der Waals surface area (Å²) in [7, 11) is 1.51. The number of hydrogen-bond donors (Lipinski definition) is 1. The van der Waals surface area contributed by atoms with Gasteiger partial charge in [0.15, 0.2) is 22.4 Å². The maximum atomic E-state index is 13.2. The number of methoxy groups -OCH3 is 1. The predicted molar refractivity (Wildman–Crippen MR) is 155 cm³/mol. The fourth-order valence-corrected chi connectivity index (χ4v) is 5.31. The van der Waals surface area contributed by atoms with Gasteiger partial charge < -0.3 is 14.8 Å². The monoisotopic (exact) mass is 552 g/mol. The SMILES string of the molecule is COc1cc(/C=C2\SC(=S)N(c3ccc(C)cc3C)C2=O)ccc1OCC(=O)Nc1cccc(Cl)c1C. The molecule has 0 aliphatic carbocycles. The van der Waals surface area contributed by atoms with Gasteiger partial charge in [-0.3, -0.25) is 14.5 Å². The molecule has 37 heavy (non-hydrogen) atoms. The largest absolute Gasteiger partial charge is 0.493 e. The number of amides is 2. The van der Waals surface area contributed by atoms with Crippen molar-refractivity contribution >= 4 is 69.2 Å². The number of nitrogens with one attached hydrogen (secondary N) is 1. The number of anilines is 2. The Morgan fingerprint density at radius 1 is 1.11 bits per heavy atom. The van der Waals surface area contributed by atoms with Gasteiger partial charge in [0, 0.05) is 10.7 Å². The van der Waals surface area contributed by atoms with Gasteiger partial charge in [-0.05, 0) is 73.9 Å². The van der Waals surface area contributed by atoms with Crippen LogP contribution in [0.2, 0.25) is 5.02 Å². The lowest BCUT2D eigenvalue weighted by Gasteiger charge is -2.17. The third kappa shape index (κ3) is 5.98. The first-order chi connectivity index (χ1) is 17.7. The Kier molecular flexibility index (Phi) is 8.22. The molecule has 3 aromatic rings. The lowest BCUT2D eigenvalue weighted by molar-refractivity contribution is -0.118. The molecule has 190 valence electrons. The summed E-state index contributed by atoms with van der Waals surface area (Å²) in [6, 6.07) is 16.4. The number of hydrogen-bond acceptors (Lipinski definition) is 6. The number of carbonyl (C=O) groups is 2. The van der Waals surface area contributed by atoms with E-state index in [2.05, 4.69) is 5.32 Å². The molecule has 4 rings (SSSR count). The number of benzene rings is 3. The highest BCUT2D eigenvalue weighted by molar-refractivity contribution is 8.27. The third-order valence-electron chi connectivity index (χ3n) is 5.77. The van der Waals surface area contributed by atoms with Gasteiger partial charge in [-0.15, -0.1) is 0 Å². The van der Waals surface area contributed by atoms with Gasteiger partial charge >= 0.3 is 0 Å². The second-order valence-corrected chi connectivity index (χ2v) is 10.5. The van der Waals surface area contributed by atoms with Crippen molar-refractivity contribution in [3.05, 3.63) is 86.8 Å². The minimum atomic E-state index is -0.327. The first kappa shape index (κ1) is 26.7. The number of aryl methyl sites for hydroxylation is 2. The van der Waals surface area contributed by atoms with E-state index in [4.69, 9.17) is 33.3 Å². The van der Waals surface area contributed by atoms with E-state index in [0.717, 1.165) is 27.9 Å². The topological polar surface area (TPSA) is 67.9 Å². The van der Waals surface area contributed by atoms with Crippen molar-refractivity contribution in [2.45, 2.75) is 20.8 Å². The number of nitrogens with zero attached hydrogens (tertiary/aromatic N) is 1. The van der Waals surface area contributed by atoms with Gasteiger partial charge in [0.05, 0.1) is 17.7 Å². The Hall–Kier alpha value is -3.33. The molecule has 2 amide bonds. The first-order valence-electron chi connectivity index (χ1n) is 11.4. The molecule has 1 heterocycles. The summed E-state index contributed by atoms with van der Waals surface area (Å²) < 4.78 is 11.7. The van der Waals surface area contributed by atoms with Gasteiger partial charge in [0.2, 0.25) is 0 Å². The highest BCUT2D eigenvalue weighted by Crippen LogP contribution is 2.38. The van der Waals surface area contributed by atoms with E-state index in [1.54, 1.807) is 47.4 Å². The maximum absolute atomic E-state index is 13.2. The van der Waals surface area contributed by atoms with Crippen molar-refractivity contribution in [1.82, 2.24) is 0 Å². The number of ether oxygens (including phenoxy) is 2. The number of thioether (sulfide) groups is 1. The number of carbonyl (C=O) groups excluding carboxylic acids is 2. The van der Waals surface area contributed by atoms with Crippen LogP contribution in [0.1, 0.15) is 22.3 Å². The second kappa shape index (κ2) is 11.4. The molecule has 0 bridgehead atoms. The molecule has 0 unspecified atom stereocenters. The van der Waals surface area contributed by atoms with Crippen molar-refractivity contribution in [2.24, 2.45) is 0 Å². The molecule has 6 nitrogen and oxygen atoms in total. The van der Waals surface area contributed by atoms with Crippen LogP contribution in [-0.2, 0) is 9.59 Å². The van der Waals surface area contributed by atoms with Crippen LogP contribution in [0.15, 0.2) is 59.5 Å². The zero-order chi connectivity index (χ0) is 26.7. The average molecular weight is 553 g/mol. The molecule has 3 aromatic carbocycles. The van der Waals surface area contributed by atoms with Crippen molar-refractivity contribution in [1.29, 1.82) is 0 Å². The lowest BCUT2D eigenvalue weighted by atomic mass is 10.1.